The fourth-order valence-electron chi connectivity index (χ4n) is 3.90. The first-order valence-electron chi connectivity index (χ1n) is 10.1. The number of aromatic nitrogens is 1. The zero-order valence-corrected chi connectivity index (χ0v) is 19.5. The Morgan fingerprint density at radius 1 is 1.19 bits per heavy atom. The molecule has 168 valence electrons. The molecule has 0 bridgehead atoms. The normalized spacial score (nSPS) is 16.7. The number of carbonyl (C=O) groups excluding carboxylic acids is 1. The molecule has 2 N–H and O–H groups in total. The highest BCUT2D eigenvalue weighted by Gasteiger charge is 2.40. The van der Waals surface area contributed by atoms with Gasteiger partial charge in [-0.2, -0.15) is 0 Å². The van der Waals surface area contributed by atoms with Crippen molar-refractivity contribution in [2.45, 2.75) is 31.6 Å². The lowest BCUT2D eigenvalue weighted by Crippen LogP contribution is -2.51. The summed E-state index contributed by atoms with van der Waals surface area (Å²) < 4.78 is 26.4. The average molecular weight is 486 g/mol. The number of nitrogens with zero attached hydrogens (tertiary/aromatic N) is 1. The molecule has 0 unspecified atom stereocenters. The van der Waals surface area contributed by atoms with Crippen LogP contribution in [0.25, 0.3) is 0 Å². The van der Waals surface area contributed by atoms with Gasteiger partial charge in [0.05, 0.1) is 16.3 Å². The van der Waals surface area contributed by atoms with Crippen molar-refractivity contribution in [1.29, 1.82) is 0 Å². The highest BCUT2D eigenvalue weighted by Crippen LogP contribution is 2.35. The number of H-pyrrole nitrogens is 1. The molecule has 2 heterocycles. The van der Waals surface area contributed by atoms with Crippen molar-refractivity contribution in [3.8, 4) is 0 Å². The lowest BCUT2D eigenvalue weighted by molar-refractivity contribution is 0.0932. The topological polar surface area (TPSA) is 99.3 Å². The minimum absolute atomic E-state index is 0.105. The monoisotopic (exact) mass is 485 g/mol. The highest BCUT2D eigenvalue weighted by atomic mass is 35.5. The van der Waals surface area contributed by atoms with Gasteiger partial charge < -0.3 is 10.3 Å². The number of piperidine rings is 1. The molecule has 3 rings (SSSR count). The SMILES string of the molecule is CCCS(=O)(=O)N1CCC(CNC(=O)c2ccc(Cl)cc2Cl)(c2cccc(=O)[nH]2)CC1. The summed E-state index contributed by atoms with van der Waals surface area (Å²) in [7, 11) is -3.31. The molecule has 1 aliphatic rings. The van der Waals surface area contributed by atoms with Crippen LogP contribution in [0.4, 0.5) is 0 Å². The fraction of sp³-hybridized carbons (Fsp3) is 0.429. The van der Waals surface area contributed by atoms with Crippen molar-refractivity contribution in [2.24, 2.45) is 0 Å². The average Bonchev–Trinajstić information content (AvgIpc) is 2.72. The Kier molecular flexibility index (Phi) is 7.47. The minimum Gasteiger partial charge on any atom is -0.351 e. The number of pyridine rings is 1. The molecule has 7 nitrogen and oxygen atoms in total. The summed E-state index contributed by atoms with van der Waals surface area (Å²) in [6.07, 6.45) is 1.48. The van der Waals surface area contributed by atoms with E-state index in [-0.39, 0.29) is 28.8 Å². The molecule has 1 aromatic heterocycles. The van der Waals surface area contributed by atoms with Gasteiger partial charge in [-0.3, -0.25) is 9.59 Å². The maximum atomic E-state index is 12.8. The number of sulfonamides is 1. The molecule has 31 heavy (non-hydrogen) atoms. The first kappa shape index (κ1) is 23.8. The van der Waals surface area contributed by atoms with E-state index in [1.54, 1.807) is 24.3 Å². The molecule has 1 aliphatic heterocycles. The predicted molar refractivity (Wildman–Crippen MR) is 122 cm³/mol. The molecule has 0 spiro atoms. The number of carbonyl (C=O) groups is 1. The summed E-state index contributed by atoms with van der Waals surface area (Å²) in [6.45, 7) is 2.69. The number of nitrogens with one attached hydrogen (secondary N) is 2. The molecule has 10 heteroatoms. The van der Waals surface area contributed by atoms with E-state index in [9.17, 15) is 18.0 Å². The van der Waals surface area contributed by atoms with Gasteiger partial charge in [0.25, 0.3) is 5.91 Å². The van der Waals surface area contributed by atoms with Gasteiger partial charge in [0.15, 0.2) is 0 Å². The van der Waals surface area contributed by atoms with Crippen molar-refractivity contribution >= 4 is 39.1 Å². The van der Waals surface area contributed by atoms with Crippen molar-refractivity contribution in [3.05, 3.63) is 68.1 Å². The number of benzene rings is 1. The van der Waals surface area contributed by atoms with Crippen LogP contribution in [0.5, 0.6) is 0 Å². The second-order valence-electron chi connectivity index (χ2n) is 7.73. The number of aromatic amines is 1. The molecule has 1 saturated heterocycles. The maximum Gasteiger partial charge on any atom is 0.252 e. The summed E-state index contributed by atoms with van der Waals surface area (Å²) in [6, 6.07) is 9.53. The fourth-order valence-corrected chi connectivity index (χ4v) is 5.90. The first-order chi connectivity index (χ1) is 14.7. The predicted octanol–water partition coefficient (Wildman–Crippen LogP) is 3.19. The van der Waals surface area contributed by atoms with Gasteiger partial charge in [-0.15, -0.1) is 0 Å². The maximum absolute atomic E-state index is 12.8. The summed E-state index contributed by atoms with van der Waals surface area (Å²) >= 11 is 12.1. The van der Waals surface area contributed by atoms with Crippen LogP contribution in [0.2, 0.25) is 10.0 Å². The van der Waals surface area contributed by atoms with E-state index in [0.717, 1.165) is 0 Å². The second-order valence-corrected chi connectivity index (χ2v) is 10.7. The summed E-state index contributed by atoms with van der Waals surface area (Å²) in [5.41, 5.74) is 0.124. The smallest absolute Gasteiger partial charge is 0.252 e. The van der Waals surface area contributed by atoms with E-state index in [0.29, 0.717) is 48.6 Å². The Hall–Kier alpha value is -1.87. The largest absolute Gasteiger partial charge is 0.351 e. The van der Waals surface area contributed by atoms with E-state index in [4.69, 9.17) is 23.2 Å². The van der Waals surface area contributed by atoms with Crippen LogP contribution in [0.1, 0.15) is 42.2 Å². The molecule has 0 saturated carbocycles. The van der Waals surface area contributed by atoms with E-state index < -0.39 is 15.4 Å². The third kappa shape index (κ3) is 5.49. The van der Waals surface area contributed by atoms with Gasteiger partial charge in [-0.1, -0.05) is 36.2 Å². The van der Waals surface area contributed by atoms with Crippen LogP contribution in [0.3, 0.4) is 0 Å². The third-order valence-corrected chi connectivity index (χ3v) is 8.26. The number of hydrogen-bond donors (Lipinski definition) is 2. The van der Waals surface area contributed by atoms with E-state index in [2.05, 4.69) is 10.3 Å². The summed E-state index contributed by atoms with van der Waals surface area (Å²) in [5.74, 6) is -0.256. The van der Waals surface area contributed by atoms with Crippen LogP contribution in [-0.4, -0.2) is 49.0 Å². The van der Waals surface area contributed by atoms with E-state index in [1.165, 1.54) is 16.4 Å². The lowest BCUT2D eigenvalue weighted by Gasteiger charge is -2.41. The lowest BCUT2D eigenvalue weighted by atomic mass is 9.75. The Morgan fingerprint density at radius 2 is 1.90 bits per heavy atom. The van der Waals surface area contributed by atoms with Gasteiger partial charge >= 0.3 is 0 Å². The number of rotatable bonds is 7. The van der Waals surface area contributed by atoms with Crippen LogP contribution in [-0.2, 0) is 15.4 Å². The Labute approximate surface area is 191 Å². The van der Waals surface area contributed by atoms with Gasteiger partial charge in [-0.25, -0.2) is 12.7 Å². The summed E-state index contributed by atoms with van der Waals surface area (Å²) in [4.78, 5) is 27.6. The van der Waals surface area contributed by atoms with Gasteiger partial charge in [0.2, 0.25) is 15.6 Å². The molecule has 1 amide bonds. The van der Waals surface area contributed by atoms with Crippen LogP contribution in [0, 0.1) is 0 Å². The highest BCUT2D eigenvalue weighted by molar-refractivity contribution is 7.89. The van der Waals surface area contributed by atoms with E-state index >= 15 is 0 Å². The van der Waals surface area contributed by atoms with Crippen molar-refractivity contribution in [3.63, 3.8) is 0 Å². The standard InChI is InChI=1S/C21H25Cl2N3O4S/c1-2-12-31(29,30)26-10-8-21(9-11-26,18-4-3-5-19(27)25-18)14-24-20(28)16-7-6-15(22)13-17(16)23/h3-7,13H,2,8-12,14H2,1H3,(H,24,28)(H,25,27). The third-order valence-electron chi connectivity index (χ3n) is 5.64. The Morgan fingerprint density at radius 3 is 2.52 bits per heavy atom. The number of hydrogen-bond acceptors (Lipinski definition) is 4. The molecule has 0 aliphatic carbocycles. The number of amides is 1. The zero-order valence-electron chi connectivity index (χ0n) is 17.2. The van der Waals surface area contributed by atoms with Crippen LogP contribution in [0.15, 0.2) is 41.2 Å². The molecule has 1 fully saturated rings. The van der Waals surface area contributed by atoms with Gasteiger partial charge in [-0.05, 0) is 43.5 Å². The molecule has 2 aromatic rings. The van der Waals surface area contributed by atoms with Crippen molar-refractivity contribution in [2.75, 3.05) is 25.4 Å². The molecular formula is C21H25Cl2N3O4S. The molecular weight excluding hydrogens is 461 g/mol. The Bertz CT molecular complexity index is 1110. The van der Waals surface area contributed by atoms with E-state index in [1.807, 2.05) is 6.92 Å². The van der Waals surface area contributed by atoms with Crippen molar-refractivity contribution < 1.29 is 13.2 Å². The molecule has 0 atom stereocenters. The minimum atomic E-state index is -3.31. The van der Waals surface area contributed by atoms with Crippen LogP contribution < -0.4 is 10.9 Å². The number of halogens is 2. The van der Waals surface area contributed by atoms with Gasteiger partial charge in [0, 0.05) is 41.8 Å². The Balaban J connectivity index is 1.83. The quantitative estimate of drug-likeness (QED) is 0.628. The zero-order chi connectivity index (χ0) is 22.6. The second kappa shape index (κ2) is 9.73. The summed E-state index contributed by atoms with van der Waals surface area (Å²) in [5, 5.41) is 3.58. The van der Waals surface area contributed by atoms with Crippen molar-refractivity contribution in [1.82, 2.24) is 14.6 Å². The van der Waals surface area contributed by atoms with Gasteiger partial charge in [0.1, 0.15) is 0 Å². The van der Waals surface area contributed by atoms with Crippen LogP contribution >= 0.6 is 23.2 Å². The molecule has 0 radical (unpaired) electrons. The first-order valence-corrected chi connectivity index (χ1v) is 12.4. The molecule has 1 aromatic carbocycles.